The maximum Gasteiger partial charge on any atom is 0.294 e. The first-order chi connectivity index (χ1) is 45.9. The fraction of sp³-hybridized carbons (Fsp3) is 0.328. The van der Waals surface area contributed by atoms with Gasteiger partial charge in [0.25, 0.3) is 36.3 Å². The van der Waals surface area contributed by atoms with Gasteiger partial charge in [0.05, 0.1) is 67.3 Å². The molecule has 2 aromatic heterocycles. The summed E-state index contributed by atoms with van der Waals surface area (Å²) in [5, 5.41) is 67.9. The molecule has 0 saturated carbocycles. The average molecular weight is 1420 g/mol. The topological polar surface area (TPSA) is 432 Å². The van der Waals surface area contributed by atoms with Crippen molar-refractivity contribution in [3.8, 4) is 35.8 Å². The van der Waals surface area contributed by atoms with Gasteiger partial charge < -0.3 is 35.2 Å². The number of guanidine groups is 1. The van der Waals surface area contributed by atoms with E-state index in [9.17, 15) is 60.0 Å². The Balaban J connectivity index is 1.35. The number of allylic oxidation sites excluding steroid dienone is 2. The third-order valence-corrected chi connectivity index (χ3v) is 19.8. The second kappa shape index (κ2) is 34.2. The fourth-order valence-electron chi connectivity index (χ4n) is 9.33. The Morgan fingerprint density at radius 1 is 0.646 bits per heavy atom. The van der Waals surface area contributed by atoms with Crippen molar-refractivity contribution >= 4 is 150 Å². The molecule has 502 valence electrons. The van der Waals surface area contributed by atoms with Crippen LogP contribution in [-0.4, -0.2) is 131 Å². The molecule has 1 unspecified atom stereocenters. The number of amidine groups is 1. The third-order valence-electron chi connectivity index (χ3n) is 14.3. The second-order valence-corrected chi connectivity index (χ2v) is 28.0. The van der Waals surface area contributed by atoms with Crippen LogP contribution in [0.4, 0.5) is 56.0 Å². The number of nitriles is 4. The van der Waals surface area contributed by atoms with Gasteiger partial charge in [-0.05, 0) is 107 Å². The summed E-state index contributed by atoms with van der Waals surface area (Å²) in [4.78, 5) is 28.8. The van der Waals surface area contributed by atoms with Crippen LogP contribution in [0.25, 0.3) is 12.2 Å². The van der Waals surface area contributed by atoms with Crippen LogP contribution in [0.15, 0.2) is 129 Å². The standard InChI is InChI=1S/C61H66N18O11S6/c1-8-42-29-55(91-25-26-94(80,81)82)70-59(69-46-31-50(79(11-4)12-5)52(90-7)33-48(46)75-77-61-73-58(54(93-61)28-41(36-64)37-65)67-24-22-39-15-19-44(20-16-39)96(86,87)88)71-56(42)68-45-30-49(78(9-2)10-3)51(89-6)32-47(45)74-76-60-72-57(53(92-60)27-40(34-62)35-63)66-23-21-38-13-17-43(18-14-38)95(83,84)85/h13-20,27-28,30-33,42,66-67H,8-12,21-26,29H2,1-7H3,(H,68,69,71)(H,80,81,82)(H,83,84,85)(H,86,87,88). The number of methoxy groups -OCH3 is 2. The normalized spacial score (nSPS) is 13.7. The minimum Gasteiger partial charge on any atom is -0.494 e. The van der Waals surface area contributed by atoms with Crippen molar-refractivity contribution in [2.75, 3.05) is 90.7 Å². The number of azo groups is 2. The summed E-state index contributed by atoms with van der Waals surface area (Å²) in [6.07, 6.45) is 4.16. The molecule has 0 saturated heterocycles. The Hall–Kier alpha value is -9.53. The van der Waals surface area contributed by atoms with Crippen LogP contribution in [0.2, 0.25) is 0 Å². The quantitative estimate of drug-likeness (QED) is 0.0139. The highest BCUT2D eigenvalue weighted by Crippen LogP contribution is 2.44. The van der Waals surface area contributed by atoms with E-state index in [2.05, 4.69) is 46.2 Å². The number of thiazole rings is 2. The van der Waals surface area contributed by atoms with E-state index in [1.54, 1.807) is 42.5 Å². The van der Waals surface area contributed by atoms with Gasteiger partial charge >= 0.3 is 0 Å². The van der Waals surface area contributed by atoms with E-state index in [-0.39, 0.29) is 91.1 Å². The summed E-state index contributed by atoms with van der Waals surface area (Å²) in [5.41, 5.74) is 3.36. The summed E-state index contributed by atoms with van der Waals surface area (Å²) in [6.45, 7) is 12.6. The summed E-state index contributed by atoms with van der Waals surface area (Å²) in [5.74, 6) is 0.545. The van der Waals surface area contributed by atoms with Crippen molar-refractivity contribution in [3.63, 3.8) is 0 Å². The first-order valence-corrected chi connectivity index (χ1v) is 36.5. The van der Waals surface area contributed by atoms with Gasteiger partial charge in [0.1, 0.15) is 75.8 Å². The number of rotatable bonds is 30. The lowest BCUT2D eigenvalue weighted by Crippen LogP contribution is -2.25. The van der Waals surface area contributed by atoms with Crippen LogP contribution < -0.4 is 35.2 Å². The van der Waals surface area contributed by atoms with Crippen molar-refractivity contribution in [1.29, 1.82) is 21.0 Å². The van der Waals surface area contributed by atoms with Crippen molar-refractivity contribution in [2.45, 2.75) is 70.1 Å². The van der Waals surface area contributed by atoms with E-state index in [0.29, 0.717) is 94.6 Å². The van der Waals surface area contributed by atoms with Crippen LogP contribution in [0.5, 0.6) is 11.5 Å². The van der Waals surface area contributed by atoms with E-state index in [1.165, 1.54) is 50.6 Å². The highest BCUT2D eigenvalue weighted by atomic mass is 32.2. The zero-order chi connectivity index (χ0) is 69.7. The van der Waals surface area contributed by atoms with Gasteiger partial charge in [-0.25, -0.2) is 9.98 Å². The number of aromatic nitrogens is 2. The molecular formula is C61H66N18O11S6. The molecule has 6 N–H and O–H groups in total. The number of nitrogens with zero attached hydrogens (tertiary/aromatic N) is 15. The maximum absolute atomic E-state index is 12.1. The van der Waals surface area contributed by atoms with Gasteiger partial charge in [-0.1, -0.05) is 53.9 Å². The lowest BCUT2D eigenvalue weighted by atomic mass is 10.0. The molecule has 0 spiro atoms. The monoisotopic (exact) mass is 1420 g/mol. The highest BCUT2D eigenvalue weighted by Gasteiger charge is 2.27. The fourth-order valence-corrected chi connectivity index (χ4v) is 13.8. The number of benzene rings is 4. The van der Waals surface area contributed by atoms with E-state index in [1.807, 2.05) is 69.9 Å². The molecule has 29 nitrogen and oxygen atoms in total. The molecule has 6 aromatic rings. The Labute approximate surface area is 568 Å². The minimum atomic E-state index is -4.40. The van der Waals surface area contributed by atoms with Crippen LogP contribution in [0.1, 0.15) is 68.3 Å². The summed E-state index contributed by atoms with van der Waals surface area (Å²) >= 11 is 3.16. The molecule has 7 rings (SSSR count). The predicted octanol–water partition coefficient (Wildman–Crippen LogP) is 12.8. The Bertz CT molecular complexity index is 4540. The van der Waals surface area contributed by atoms with Gasteiger partial charge in [0.15, 0.2) is 0 Å². The van der Waals surface area contributed by atoms with Crippen LogP contribution in [-0.2, 0) is 43.2 Å². The van der Waals surface area contributed by atoms with Crippen LogP contribution >= 0.6 is 34.4 Å². The van der Waals surface area contributed by atoms with Gasteiger partial charge in [0, 0.05) is 69.5 Å². The molecule has 3 heterocycles. The minimum absolute atomic E-state index is 0.0714. The highest BCUT2D eigenvalue weighted by molar-refractivity contribution is 8.14. The van der Waals surface area contributed by atoms with E-state index < -0.39 is 42.0 Å². The van der Waals surface area contributed by atoms with Crippen molar-refractivity contribution in [3.05, 3.63) is 105 Å². The zero-order valence-electron chi connectivity index (χ0n) is 52.9. The first-order valence-electron chi connectivity index (χ1n) is 29.4. The molecule has 35 heteroatoms. The number of hydrogen-bond donors (Lipinski definition) is 6. The maximum atomic E-state index is 12.1. The molecule has 0 aliphatic carbocycles. The van der Waals surface area contributed by atoms with E-state index in [0.717, 1.165) is 45.6 Å². The van der Waals surface area contributed by atoms with Gasteiger partial charge in [-0.3, -0.25) is 13.7 Å². The number of aliphatic imine (C=N–C) groups is 3. The number of thioether (sulfide) groups is 1. The number of hydrogen-bond acceptors (Lipinski definition) is 27. The second-order valence-electron chi connectivity index (χ2n) is 20.4. The lowest BCUT2D eigenvalue weighted by molar-refractivity contribution is 0.414. The summed E-state index contributed by atoms with van der Waals surface area (Å²) in [7, 11) is -10.2. The number of ether oxygens (including phenoxy) is 2. The third kappa shape index (κ3) is 20.5. The summed E-state index contributed by atoms with van der Waals surface area (Å²) in [6, 6.07) is 25.7. The number of nitrogens with one attached hydrogen (secondary N) is 3. The summed E-state index contributed by atoms with van der Waals surface area (Å²) < 4.78 is 111. The molecule has 1 aliphatic rings. The molecule has 96 heavy (non-hydrogen) atoms. The van der Waals surface area contributed by atoms with E-state index >= 15 is 0 Å². The SMILES string of the molecule is CCC1CC(SCCS(=O)(=O)O)=NC(=Nc2cc(N(CC)CC)c(OC)cc2N=Nc2nc(NCCc3ccc(S(=O)(=O)O)cc3)c(C=C(C#N)C#N)s2)N=C1Nc1cc(N(CC)CC)c(OC)cc1N=Nc1nc(NCCc2ccc(S(=O)(=O)O)cc2)c(C=C(C#N)C#N)s1. The smallest absolute Gasteiger partial charge is 0.294 e. The van der Waals surface area contributed by atoms with Crippen LogP contribution in [0, 0.1) is 51.2 Å². The average Bonchev–Trinajstić information content (AvgIpc) is 1.04. The molecule has 1 aliphatic heterocycles. The van der Waals surface area contributed by atoms with Gasteiger partial charge in [-0.15, -0.1) is 32.2 Å². The Kier molecular flexibility index (Phi) is 26.3. The first kappa shape index (κ1) is 73.9. The molecule has 0 radical (unpaired) electrons. The Morgan fingerprint density at radius 2 is 1.10 bits per heavy atom. The molecule has 1 atom stereocenters. The van der Waals surface area contributed by atoms with Crippen molar-refractivity contribution in [1.82, 2.24) is 9.97 Å². The molecule has 0 bridgehead atoms. The van der Waals surface area contributed by atoms with Crippen molar-refractivity contribution in [2.24, 2.45) is 41.4 Å². The lowest BCUT2D eigenvalue weighted by Gasteiger charge is -2.25. The van der Waals surface area contributed by atoms with E-state index in [4.69, 9.17) is 29.6 Å². The van der Waals surface area contributed by atoms with Crippen LogP contribution in [0.3, 0.4) is 0 Å². The largest absolute Gasteiger partial charge is 0.494 e. The Morgan fingerprint density at radius 3 is 1.53 bits per heavy atom. The predicted molar refractivity (Wildman–Crippen MR) is 374 cm³/mol. The molecule has 0 fully saturated rings. The zero-order valence-corrected chi connectivity index (χ0v) is 57.8. The van der Waals surface area contributed by atoms with Crippen molar-refractivity contribution < 1.29 is 48.4 Å². The van der Waals surface area contributed by atoms with Gasteiger partial charge in [0.2, 0.25) is 10.3 Å². The molecule has 0 amide bonds. The molecular weight excluding hydrogens is 1350 g/mol. The molecule has 4 aromatic carbocycles. The number of anilines is 5. The van der Waals surface area contributed by atoms with Gasteiger partial charge in [-0.2, -0.15) is 61.3 Å².